The first kappa shape index (κ1) is 40.0. The molecular formula is C43H41Cl3N2O10. The summed E-state index contributed by atoms with van der Waals surface area (Å²) in [5.74, 6) is 1.96. The van der Waals surface area contributed by atoms with Gasteiger partial charge >= 0.3 is 6.09 Å². The molecule has 0 unspecified atom stereocenters. The summed E-state index contributed by atoms with van der Waals surface area (Å²) in [7, 11) is 3.10. The molecule has 4 aliphatic heterocycles. The summed E-state index contributed by atoms with van der Waals surface area (Å²) in [6.45, 7) is 3.64. The second-order valence-electron chi connectivity index (χ2n) is 14.3. The SMILES string of the molecule is COCOc1c(C)c2c(c3c1C=C1[C@@H]4c5c(cc(C)c(OC)c5OCc5ccccc5)C[C@H](C(=O)N1[C@H]3COCc1ccccc1)N4C(=O)OCC(Cl)(Cl)Cl)OCO2. The Labute approximate surface area is 350 Å². The number of aryl methyl sites for hydroxylation is 1. The van der Waals surface area contributed by atoms with Crippen LogP contribution in [0.3, 0.4) is 0 Å². The highest BCUT2D eigenvalue weighted by molar-refractivity contribution is 6.67. The maximum atomic E-state index is 15.3. The van der Waals surface area contributed by atoms with Crippen molar-refractivity contribution in [1.82, 2.24) is 9.80 Å². The Balaban J connectivity index is 1.35. The second kappa shape index (κ2) is 16.4. The zero-order valence-corrected chi connectivity index (χ0v) is 34.5. The van der Waals surface area contributed by atoms with E-state index in [9.17, 15) is 4.79 Å². The van der Waals surface area contributed by atoms with E-state index >= 15 is 4.79 Å². The van der Waals surface area contributed by atoms with E-state index in [1.165, 1.54) is 12.0 Å². The van der Waals surface area contributed by atoms with Crippen LogP contribution in [0.25, 0.3) is 6.08 Å². The largest absolute Gasteiger partial charge is 0.493 e. The van der Waals surface area contributed by atoms with Gasteiger partial charge in [0, 0.05) is 41.5 Å². The van der Waals surface area contributed by atoms with Crippen LogP contribution < -0.4 is 23.7 Å². The third-order valence-electron chi connectivity index (χ3n) is 10.6. The number of hydrogen-bond donors (Lipinski definition) is 0. The molecule has 2 bridgehead atoms. The molecule has 304 valence electrons. The third-order valence-corrected chi connectivity index (χ3v) is 11.0. The molecule has 1 fully saturated rings. The number of benzene rings is 4. The topological polar surface area (TPSA) is 114 Å². The lowest BCUT2D eigenvalue weighted by atomic mass is 9.77. The van der Waals surface area contributed by atoms with Crippen LogP contribution in [-0.2, 0) is 38.6 Å². The average Bonchev–Trinajstić information content (AvgIpc) is 3.71. The Morgan fingerprint density at radius 3 is 2.24 bits per heavy atom. The Kier molecular flexibility index (Phi) is 11.3. The van der Waals surface area contributed by atoms with E-state index in [0.717, 1.165) is 22.3 Å². The number of rotatable bonds is 12. The first-order valence-electron chi connectivity index (χ1n) is 18.6. The number of alkyl halides is 3. The van der Waals surface area contributed by atoms with Gasteiger partial charge in [-0.3, -0.25) is 9.69 Å². The summed E-state index contributed by atoms with van der Waals surface area (Å²) in [5, 5.41) is 0. The average molecular weight is 852 g/mol. The molecule has 12 nitrogen and oxygen atoms in total. The van der Waals surface area contributed by atoms with Crippen LogP contribution in [0.1, 0.15) is 56.6 Å². The molecule has 1 saturated heterocycles. The summed E-state index contributed by atoms with van der Waals surface area (Å²) in [6.07, 6.45) is 1.12. The summed E-state index contributed by atoms with van der Waals surface area (Å²) in [4.78, 5) is 32.8. The zero-order valence-electron chi connectivity index (χ0n) is 32.2. The molecule has 0 saturated carbocycles. The fourth-order valence-corrected chi connectivity index (χ4v) is 8.47. The van der Waals surface area contributed by atoms with Gasteiger partial charge in [0.05, 0.1) is 26.4 Å². The van der Waals surface area contributed by atoms with E-state index in [-0.39, 0.29) is 45.7 Å². The Bertz CT molecular complexity index is 2250. The van der Waals surface area contributed by atoms with Crippen LogP contribution in [0.5, 0.6) is 28.7 Å². The Hall–Kier alpha value is -4.85. The lowest BCUT2D eigenvalue weighted by molar-refractivity contribution is -0.145. The number of carbonyl (C=O) groups is 2. The standard InChI is InChI=1S/C43H41Cl3N2O10/c1-24-15-28-16-31-41(49)47-30(35(48(31)42(50)55-21-43(44,45)46)33(28)39(36(24)52-4)54-19-27-13-9-6-10-14-27)17-29-34(32(47)20-53-18-26-11-7-5-8-12-26)40-38(57-23-58-40)25(2)37(29)56-22-51-3/h5-15,17,31-32,35H,16,18-23H2,1-4H3/t31-,32+,35-/m1/s1. The number of carbonyl (C=O) groups excluding carboxylic acids is 2. The molecular weight excluding hydrogens is 811 g/mol. The molecule has 0 aliphatic carbocycles. The van der Waals surface area contributed by atoms with Crippen LogP contribution in [0.2, 0.25) is 0 Å². The zero-order chi connectivity index (χ0) is 40.7. The van der Waals surface area contributed by atoms with E-state index in [1.807, 2.05) is 86.7 Å². The highest BCUT2D eigenvalue weighted by Gasteiger charge is 2.56. The molecule has 0 spiro atoms. The molecule has 4 aliphatic rings. The van der Waals surface area contributed by atoms with Gasteiger partial charge in [-0.15, -0.1) is 0 Å². The van der Waals surface area contributed by atoms with Crippen LogP contribution in [0.4, 0.5) is 4.79 Å². The summed E-state index contributed by atoms with van der Waals surface area (Å²) < 4.78 is 46.7. The number of fused-ring (bicyclic) bond motifs is 9. The number of piperazine rings is 1. The third kappa shape index (κ3) is 7.37. The number of methoxy groups -OCH3 is 2. The number of nitrogens with zero attached hydrogens (tertiary/aromatic N) is 2. The van der Waals surface area contributed by atoms with E-state index < -0.39 is 34.6 Å². The minimum absolute atomic E-state index is 0.0266. The van der Waals surface area contributed by atoms with Gasteiger partial charge in [0.2, 0.25) is 10.6 Å². The molecule has 58 heavy (non-hydrogen) atoms. The fourth-order valence-electron chi connectivity index (χ4n) is 8.30. The Morgan fingerprint density at radius 1 is 0.879 bits per heavy atom. The van der Waals surface area contributed by atoms with Crippen LogP contribution in [0, 0.1) is 13.8 Å². The van der Waals surface area contributed by atoms with E-state index in [4.69, 9.17) is 72.7 Å². The van der Waals surface area contributed by atoms with Gasteiger partial charge in [0.15, 0.2) is 29.8 Å². The number of amides is 2. The van der Waals surface area contributed by atoms with Crippen LogP contribution in [-0.4, -0.2) is 72.7 Å². The van der Waals surface area contributed by atoms with E-state index in [1.54, 1.807) is 12.0 Å². The molecule has 4 aromatic carbocycles. The fraction of sp³-hybridized carbons (Fsp3) is 0.349. The van der Waals surface area contributed by atoms with Gasteiger partial charge in [-0.05, 0) is 42.2 Å². The molecule has 0 radical (unpaired) electrons. The lowest BCUT2D eigenvalue weighted by Gasteiger charge is -2.54. The van der Waals surface area contributed by atoms with Crippen molar-refractivity contribution >= 4 is 52.9 Å². The summed E-state index contributed by atoms with van der Waals surface area (Å²) in [6, 6.07) is 18.7. The van der Waals surface area contributed by atoms with Crippen molar-refractivity contribution in [1.29, 1.82) is 0 Å². The van der Waals surface area contributed by atoms with Crippen molar-refractivity contribution in [2.45, 2.75) is 55.4 Å². The van der Waals surface area contributed by atoms with Crippen molar-refractivity contribution in [2.24, 2.45) is 0 Å². The van der Waals surface area contributed by atoms with Gasteiger partial charge in [-0.25, -0.2) is 4.79 Å². The molecule has 4 aromatic rings. The van der Waals surface area contributed by atoms with Crippen molar-refractivity contribution < 1.29 is 47.5 Å². The highest BCUT2D eigenvalue weighted by Crippen LogP contribution is 2.59. The number of ether oxygens (including phenoxy) is 8. The summed E-state index contributed by atoms with van der Waals surface area (Å²) >= 11 is 18.2. The minimum Gasteiger partial charge on any atom is -0.493 e. The maximum absolute atomic E-state index is 15.3. The monoisotopic (exact) mass is 850 g/mol. The van der Waals surface area contributed by atoms with Gasteiger partial charge in [-0.2, -0.15) is 0 Å². The van der Waals surface area contributed by atoms with E-state index in [2.05, 4.69) is 0 Å². The number of halogens is 3. The number of hydrogen-bond acceptors (Lipinski definition) is 10. The van der Waals surface area contributed by atoms with Crippen LogP contribution >= 0.6 is 34.8 Å². The van der Waals surface area contributed by atoms with Crippen molar-refractivity contribution in [3.63, 3.8) is 0 Å². The first-order chi connectivity index (χ1) is 28.0. The predicted molar refractivity (Wildman–Crippen MR) is 216 cm³/mol. The molecule has 0 aromatic heterocycles. The van der Waals surface area contributed by atoms with Gasteiger partial charge in [-0.1, -0.05) is 102 Å². The Morgan fingerprint density at radius 2 is 1.57 bits per heavy atom. The predicted octanol–water partition coefficient (Wildman–Crippen LogP) is 8.53. The maximum Gasteiger partial charge on any atom is 0.411 e. The highest BCUT2D eigenvalue weighted by atomic mass is 35.6. The van der Waals surface area contributed by atoms with Crippen molar-refractivity contribution in [3.05, 3.63) is 117 Å². The minimum atomic E-state index is -1.91. The van der Waals surface area contributed by atoms with Crippen molar-refractivity contribution in [2.75, 3.05) is 41.0 Å². The molecule has 3 atom stereocenters. The smallest absolute Gasteiger partial charge is 0.411 e. The lowest BCUT2D eigenvalue weighted by Crippen LogP contribution is -2.63. The summed E-state index contributed by atoms with van der Waals surface area (Å²) in [5.41, 5.74) is 6.44. The second-order valence-corrected chi connectivity index (χ2v) is 16.8. The molecule has 0 N–H and O–H groups in total. The molecule has 8 rings (SSSR count). The molecule has 2 amide bonds. The van der Waals surface area contributed by atoms with Crippen LogP contribution in [0.15, 0.2) is 72.4 Å². The normalized spacial score (nSPS) is 18.8. The quantitative estimate of drug-likeness (QED) is 0.102. The van der Waals surface area contributed by atoms with Gasteiger partial charge < -0.3 is 42.8 Å². The van der Waals surface area contributed by atoms with E-state index in [0.29, 0.717) is 56.7 Å². The van der Waals surface area contributed by atoms with Gasteiger partial charge in [0.25, 0.3) is 5.91 Å². The first-order valence-corrected chi connectivity index (χ1v) is 19.8. The molecule has 4 heterocycles. The van der Waals surface area contributed by atoms with Gasteiger partial charge in [0.1, 0.15) is 31.0 Å². The van der Waals surface area contributed by atoms with Crippen molar-refractivity contribution in [3.8, 4) is 28.7 Å². The molecule has 15 heteroatoms.